The fourth-order valence-corrected chi connectivity index (χ4v) is 1.62. The molecule has 0 aliphatic rings. The highest BCUT2D eigenvalue weighted by atomic mass is 16.5. The molecular formula is C14H22N2O2. The Morgan fingerprint density at radius 1 is 1.39 bits per heavy atom. The maximum Gasteiger partial charge on any atom is 0.222 e. The molecule has 0 unspecified atom stereocenters. The van der Waals surface area contributed by atoms with E-state index in [4.69, 9.17) is 10.5 Å². The lowest BCUT2D eigenvalue weighted by molar-refractivity contribution is -0.128. The van der Waals surface area contributed by atoms with Crippen LogP contribution >= 0.6 is 0 Å². The molecular weight excluding hydrogens is 228 g/mol. The molecule has 0 aromatic heterocycles. The van der Waals surface area contributed by atoms with Crippen LogP contribution in [0.4, 0.5) is 0 Å². The predicted molar refractivity (Wildman–Crippen MR) is 72.5 cm³/mol. The third kappa shape index (κ3) is 4.37. The average molecular weight is 250 g/mol. The van der Waals surface area contributed by atoms with Crippen LogP contribution in [-0.2, 0) is 4.79 Å². The molecule has 1 aromatic carbocycles. The molecule has 0 radical (unpaired) electrons. The first-order chi connectivity index (χ1) is 8.52. The first-order valence-electron chi connectivity index (χ1n) is 6.20. The van der Waals surface area contributed by atoms with Crippen LogP contribution in [0.15, 0.2) is 24.3 Å². The van der Waals surface area contributed by atoms with Gasteiger partial charge < -0.3 is 15.4 Å². The molecule has 4 heteroatoms. The fraction of sp³-hybridized carbons (Fsp3) is 0.500. The van der Waals surface area contributed by atoms with Gasteiger partial charge in [-0.25, -0.2) is 0 Å². The van der Waals surface area contributed by atoms with E-state index in [0.717, 1.165) is 11.3 Å². The quantitative estimate of drug-likeness (QED) is 0.785. The van der Waals surface area contributed by atoms with Gasteiger partial charge in [0.15, 0.2) is 0 Å². The number of nitrogens with zero attached hydrogens (tertiary/aromatic N) is 1. The van der Waals surface area contributed by atoms with Crippen LogP contribution in [0.2, 0.25) is 0 Å². The third-order valence-corrected chi connectivity index (χ3v) is 2.70. The smallest absolute Gasteiger partial charge is 0.222 e. The average Bonchev–Trinajstić information content (AvgIpc) is 2.34. The lowest BCUT2D eigenvalue weighted by atomic mass is 10.1. The van der Waals surface area contributed by atoms with Crippen molar-refractivity contribution in [3.63, 3.8) is 0 Å². The minimum atomic E-state index is -0.0513. The zero-order valence-electron chi connectivity index (χ0n) is 11.3. The molecule has 1 atom stereocenters. The minimum absolute atomic E-state index is 0.0513. The largest absolute Gasteiger partial charge is 0.493 e. The Hall–Kier alpha value is -1.55. The van der Waals surface area contributed by atoms with Crippen molar-refractivity contribution < 1.29 is 9.53 Å². The second kappa shape index (κ2) is 7.01. The first kappa shape index (κ1) is 14.5. The molecule has 1 rings (SSSR count). The maximum absolute atomic E-state index is 11.4. The molecule has 18 heavy (non-hydrogen) atoms. The summed E-state index contributed by atoms with van der Waals surface area (Å²) in [5.41, 5.74) is 6.86. The van der Waals surface area contributed by atoms with Crippen molar-refractivity contribution in [1.82, 2.24) is 4.90 Å². The first-order valence-corrected chi connectivity index (χ1v) is 6.20. The number of hydrogen-bond acceptors (Lipinski definition) is 3. The molecule has 0 heterocycles. The highest BCUT2D eigenvalue weighted by Crippen LogP contribution is 2.23. The van der Waals surface area contributed by atoms with Crippen LogP contribution in [0, 0.1) is 0 Å². The van der Waals surface area contributed by atoms with Gasteiger partial charge in [0.1, 0.15) is 5.75 Å². The SMILES string of the molecule is C[C@@H](N)c1ccccc1OCCCC(=O)N(C)C. The van der Waals surface area contributed by atoms with E-state index in [1.807, 2.05) is 31.2 Å². The van der Waals surface area contributed by atoms with E-state index in [1.165, 1.54) is 0 Å². The summed E-state index contributed by atoms with van der Waals surface area (Å²) < 4.78 is 5.68. The van der Waals surface area contributed by atoms with Gasteiger partial charge in [0.05, 0.1) is 6.61 Å². The molecule has 4 nitrogen and oxygen atoms in total. The molecule has 2 N–H and O–H groups in total. The Balaban J connectivity index is 2.42. The summed E-state index contributed by atoms with van der Waals surface area (Å²) in [4.78, 5) is 13.0. The van der Waals surface area contributed by atoms with Crippen molar-refractivity contribution in [2.45, 2.75) is 25.8 Å². The van der Waals surface area contributed by atoms with Crippen molar-refractivity contribution >= 4 is 5.91 Å². The van der Waals surface area contributed by atoms with Gasteiger partial charge in [0, 0.05) is 32.1 Å². The Morgan fingerprint density at radius 3 is 2.67 bits per heavy atom. The van der Waals surface area contributed by atoms with Crippen LogP contribution < -0.4 is 10.5 Å². The number of hydrogen-bond donors (Lipinski definition) is 1. The molecule has 0 spiro atoms. The zero-order valence-corrected chi connectivity index (χ0v) is 11.3. The summed E-state index contributed by atoms with van der Waals surface area (Å²) in [5, 5.41) is 0. The van der Waals surface area contributed by atoms with E-state index in [9.17, 15) is 4.79 Å². The highest BCUT2D eigenvalue weighted by molar-refractivity contribution is 5.75. The standard InChI is InChI=1S/C14H22N2O2/c1-11(15)12-7-4-5-8-13(12)18-10-6-9-14(17)16(2)3/h4-5,7-8,11H,6,9-10,15H2,1-3H3/t11-/m1/s1. The number of carbonyl (C=O) groups excluding carboxylic acids is 1. The van der Waals surface area contributed by atoms with Gasteiger partial charge in [-0.15, -0.1) is 0 Å². The number of para-hydroxylation sites is 1. The lowest BCUT2D eigenvalue weighted by Crippen LogP contribution is -2.21. The fourth-order valence-electron chi connectivity index (χ4n) is 1.62. The number of carbonyl (C=O) groups is 1. The van der Waals surface area contributed by atoms with Crippen molar-refractivity contribution in [2.75, 3.05) is 20.7 Å². The Labute approximate surface area is 109 Å². The van der Waals surface area contributed by atoms with Gasteiger partial charge in [-0.3, -0.25) is 4.79 Å². The van der Waals surface area contributed by atoms with Crippen molar-refractivity contribution in [3.8, 4) is 5.75 Å². The predicted octanol–water partition coefficient (Wildman–Crippen LogP) is 1.95. The summed E-state index contributed by atoms with van der Waals surface area (Å²) in [5.74, 6) is 0.934. The molecule has 100 valence electrons. The number of nitrogens with two attached hydrogens (primary N) is 1. The Kier molecular flexibility index (Phi) is 5.65. The molecule has 0 saturated carbocycles. The van der Waals surface area contributed by atoms with E-state index in [0.29, 0.717) is 19.4 Å². The Bertz CT molecular complexity index is 389. The van der Waals surface area contributed by atoms with Crippen LogP contribution in [0.1, 0.15) is 31.4 Å². The van der Waals surface area contributed by atoms with Crippen molar-refractivity contribution in [1.29, 1.82) is 0 Å². The van der Waals surface area contributed by atoms with E-state index >= 15 is 0 Å². The summed E-state index contributed by atoms with van der Waals surface area (Å²) in [7, 11) is 3.52. The van der Waals surface area contributed by atoms with Crippen LogP contribution in [0.25, 0.3) is 0 Å². The molecule has 0 saturated heterocycles. The highest BCUT2D eigenvalue weighted by Gasteiger charge is 2.08. The van der Waals surface area contributed by atoms with Gasteiger partial charge >= 0.3 is 0 Å². The Morgan fingerprint density at radius 2 is 2.06 bits per heavy atom. The number of rotatable bonds is 6. The molecule has 0 bridgehead atoms. The van der Waals surface area contributed by atoms with E-state index in [1.54, 1.807) is 19.0 Å². The van der Waals surface area contributed by atoms with Crippen LogP contribution in [0.5, 0.6) is 5.75 Å². The summed E-state index contributed by atoms with van der Waals surface area (Å²) >= 11 is 0. The normalized spacial score (nSPS) is 12.0. The lowest BCUT2D eigenvalue weighted by Gasteiger charge is -2.14. The van der Waals surface area contributed by atoms with Gasteiger partial charge in [0.25, 0.3) is 0 Å². The van der Waals surface area contributed by atoms with Crippen molar-refractivity contribution in [3.05, 3.63) is 29.8 Å². The van der Waals surface area contributed by atoms with E-state index < -0.39 is 0 Å². The zero-order chi connectivity index (χ0) is 13.5. The summed E-state index contributed by atoms with van der Waals surface area (Å²) in [6.07, 6.45) is 1.22. The third-order valence-electron chi connectivity index (χ3n) is 2.70. The molecule has 0 fully saturated rings. The number of ether oxygens (including phenoxy) is 1. The summed E-state index contributed by atoms with van der Waals surface area (Å²) in [6, 6.07) is 7.69. The molecule has 1 aromatic rings. The van der Waals surface area contributed by atoms with Gasteiger partial charge in [-0.1, -0.05) is 18.2 Å². The monoisotopic (exact) mass is 250 g/mol. The molecule has 0 aliphatic carbocycles. The second-order valence-corrected chi connectivity index (χ2v) is 4.57. The van der Waals surface area contributed by atoms with Crippen molar-refractivity contribution in [2.24, 2.45) is 5.73 Å². The van der Waals surface area contributed by atoms with Crippen LogP contribution in [0.3, 0.4) is 0 Å². The maximum atomic E-state index is 11.4. The van der Waals surface area contributed by atoms with Gasteiger partial charge in [0.2, 0.25) is 5.91 Å². The summed E-state index contributed by atoms with van der Waals surface area (Å²) in [6.45, 7) is 2.46. The van der Waals surface area contributed by atoms with Gasteiger partial charge in [-0.2, -0.15) is 0 Å². The topological polar surface area (TPSA) is 55.6 Å². The number of benzene rings is 1. The van der Waals surface area contributed by atoms with Gasteiger partial charge in [-0.05, 0) is 19.4 Å². The second-order valence-electron chi connectivity index (χ2n) is 4.57. The minimum Gasteiger partial charge on any atom is -0.493 e. The molecule has 1 amide bonds. The molecule has 0 aliphatic heterocycles. The van der Waals surface area contributed by atoms with Crippen LogP contribution in [-0.4, -0.2) is 31.5 Å². The van der Waals surface area contributed by atoms with E-state index in [2.05, 4.69) is 0 Å². The van der Waals surface area contributed by atoms with E-state index in [-0.39, 0.29) is 11.9 Å². The number of amides is 1.